The molecule has 1 aromatic carbocycles. The Bertz CT molecular complexity index is 454. The largest absolute Gasteiger partial charge is 0.465 e. The number of carbonyl (C=O) groups excluding carboxylic acids is 2. The van der Waals surface area contributed by atoms with Gasteiger partial charge in [0, 0.05) is 0 Å². The van der Waals surface area contributed by atoms with Crippen LogP contribution in [-0.2, 0) is 9.53 Å². The summed E-state index contributed by atoms with van der Waals surface area (Å²) in [6.45, 7) is 5.34. The van der Waals surface area contributed by atoms with Gasteiger partial charge in [-0.3, -0.25) is 9.59 Å². The number of rotatable bonds is 5. The van der Waals surface area contributed by atoms with Crippen molar-refractivity contribution in [1.82, 2.24) is 0 Å². The molecule has 0 aliphatic heterocycles. The molecule has 0 fully saturated rings. The van der Waals surface area contributed by atoms with Crippen LogP contribution in [0.25, 0.3) is 0 Å². The van der Waals surface area contributed by atoms with Gasteiger partial charge in [0.1, 0.15) is 11.7 Å². The Morgan fingerprint density at radius 2 is 2.00 bits per heavy atom. The molecular weight excluding hydrogens is 235 g/mol. The van der Waals surface area contributed by atoms with Gasteiger partial charge in [-0.05, 0) is 32.4 Å². The number of ketones is 1. The van der Waals surface area contributed by atoms with Gasteiger partial charge in [-0.15, -0.1) is 0 Å². The van der Waals surface area contributed by atoms with Crippen molar-refractivity contribution in [1.29, 1.82) is 0 Å². The fourth-order valence-corrected chi connectivity index (χ4v) is 1.72. The number of halogens is 1. The number of aryl methyl sites for hydroxylation is 1. The summed E-state index contributed by atoms with van der Waals surface area (Å²) >= 11 is 0. The van der Waals surface area contributed by atoms with Crippen LogP contribution < -0.4 is 0 Å². The van der Waals surface area contributed by atoms with E-state index in [2.05, 4.69) is 0 Å². The van der Waals surface area contributed by atoms with Crippen LogP contribution in [0.1, 0.15) is 36.2 Å². The predicted octanol–water partition coefficient (Wildman–Crippen LogP) is 2.91. The molecule has 3 nitrogen and oxygen atoms in total. The number of carbonyl (C=O) groups is 2. The molecule has 1 atom stereocenters. The zero-order valence-electron chi connectivity index (χ0n) is 10.8. The van der Waals surface area contributed by atoms with Crippen molar-refractivity contribution in [2.24, 2.45) is 5.92 Å². The van der Waals surface area contributed by atoms with Crippen LogP contribution in [-0.4, -0.2) is 18.4 Å². The van der Waals surface area contributed by atoms with E-state index in [0.717, 1.165) is 5.56 Å². The van der Waals surface area contributed by atoms with E-state index in [1.54, 1.807) is 26.8 Å². The number of hydrogen-bond donors (Lipinski definition) is 0. The Labute approximate surface area is 106 Å². The molecule has 0 N–H and O–H groups in total. The van der Waals surface area contributed by atoms with Gasteiger partial charge in [0.25, 0.3) is 0 Å². The van der Waals surface area contributed by atoms with Gasteiger partial charge in [0.15, 0.2) is 5.78 Å². The first-order valence-corrected chi connectivity index (χ1v) is 5.98. The zero-order chi connectivity index (χ0) is 13.7. The molecular formula is C14H17FO3. The van der Waals surface area contributed by atoms with Crippen molar-refractivity contribution in [2.75, 3.05) is 6.61 Å². The third-order valence-corrected chi connectivity index (χ3v) is 2.68. The molecule has 0 saturated heterocycles. The highest BCUT2D eigenvalue weighted by atomic mass is 19.1. The lowest BCUT2D eigenvalue weighted by atomic mass is 9.94. The molecule has 0 aliphatic carbocycles. The fraction of sp³-hybridized carbons (Fsp3) is 0.429. The van der Waals surface area contributed by atoms with E-state index in [4.69, 9.17) is 4.74 Å². The third-order valence-electron chi connectivity index (χ3n) is 2.68. The van der Waals surface area contributed by atoms with Gasteiger partial charge >= 0.3 is 5.97 Å². The maximum Gasteiger partial charge on any atom is 0.316 e. The van der Waals surface area contributed by atoms with E-state index in [0.29, 0.717) is 6.42 Å². The van der Waals surface area contributed by atoms with Gasteiger partial charge < -0.3 is 4.74 Å². The smallest absolute Gasteiger partial charge is 0.316 e. The molecule has 1 unspecified atom stereocenters. The predicted molar refractivity (Wildman–Crippen MR) is 65.9 cm³/mol. The number of benzene rings is 1. The van der Waals surface area contributed by atoms with E-state index in [9.17, 15) is 14.0 Å². The Morgan fingerprint density at radius 3 is 2.56 bits per heavy atom. The van der Waals surface area contributed by atoms with E-state index in [1.807, 2.05) is 0 Å². The summed E-state index contributed by atoms with van der Waals surface area (Å²) in [7, 11) is 0. The first-order chi connectivity index (χ1) is 8.51. The van der Waals surface area contributed by atoms with Crippen molar-refractivity contribution in [2.45, 2.75) is 27.2 Å². The van der Waals surface area contributed by atoms with Crippen molar-refractivity contribution >= 4 is 11.8 Å². The Morgan fingerprint density at radius 1 is 1.33 bits per heavy atom. The SMILES string of the molecule is CCOC(=O)C(CC)C(=O)c1cc(C)ccc1F. The highest BCUT2D eigenvalue weighted by molar-refractivity contribution is 6.08. The third kappa shape index (κ3) is 3.15. The lowest BCUT2D eigenvalue weighted by Gasteiger charge is -2.13. The molecule has 0 amide bonds. The van der Waals surface area contributed by atoms with Crippen LogP contribution in [0, 0.1) is 18.7 Å². The van der Waals surface area contributed by atoms with Gasteiger partial charge in [0.2, 0.25) is 0 Å². The molecule has 98 valence electrons. The molecule has 0 aromatic heterocycles. The molecule has 0 saturated carbocycles. The fourth-order valence-electron chi connectivity index (χ4n) is 1.72. The van der Waals surface area contributed by atoms with Crippen LogP contribution in [0.5, 0.6) is 0 Å². The maximum atomic E-state index is 13.6. The lowest BCUT2D eigenvalue weighted by Crippen LogP contribution is -2.26. The summed E-state index contributed by atoms with van der Waals surface area (Å²) in [6, 6.07) is 4.28. The number of Topliss-reactive ketones (excluding diaryl/α,β-unsaturated/α-hetero) is 1. The highest BCUT2D eigenvalue weighted by Gasteiger charge is 2.28. The molecule has 1 rings (SSSR count). The monoisotopic (exact) mass is 252 g/mol. The second-order valence-corrected chi connectivity index (χ2v) is 4.06. The molecule has 4 heteroatoms. The average Bonchev–Trinajstić information content (AvgIpc) is 2.33. The Kier molecular flexibility index (Phi) is 5.01. The molecule has 18 heavy (non-hydrogen) atoms. The minimum Gasteiger partial charge on any atom is -0.465 e. The van der Waals surface area contributed by atoms with Crippen molar-refractivity contribution in [3.8, 4) is 0 Å². The van der Waals surface area contributed by atoms with Gasteiger partial charge in [-0.25, -0.2) is 4.39 Å². The molecule has 0 radical (unpaired) electrons. The summed E-state index contributed by atoms with van der Waals surface area (Å²) in [6.07, 6.45) is 0.297. The van der Waals surface area contributed by atoms with Crippen LogP contribution >= 0.6 is 0 Å². The Hall–Kier alpha value is -1.71. The molecule has 0 spiro atoms. The van der Waals surface area contributed by atoms with Crippen LogP contribution in [0.15, 0.2) is 18.2 Å². The van der Waals surface area contributed by atoms with Crippen molar-refractivity contribution < 1.29 is 18.7 Å². The summed E-state index contributed by atoms with van der Waals surface area (Å²) in [5.74, 6) is -2.64. The topological polar surface area (TPSA) is 43.4 Å². The minimum absolute atomic E-state index is 0.0464. The van der Waals surface area contributed by atoms with Crippen molar-refractivity contribution in [3.63, 3.8) is 0 Å². The van der Waals surface area contributed by atoms with Crippen LogP contribution in [0.3, 0.4) is 0 Å². The molecule has 1 aromatic rings. The van der Waals surface area contributed by atoms with Gasteiger partial charge in [0.05, 0.1) is 12.2 Å². The minimum atomic E-state index is -0.929. The quantitative estimate of drug-likeness (QED) is 0.460. The number of esters is 1. The van der Waals surface area contributed by atoms with Crippen molar-refractivity contribution in [3.05, 3.63) is 35.1 Å². The second kappa shape index (κ2) is 6.28. The molecule has 0 bridgehead atoms. The second-order valence-electron chi connectivity index (χ2n) is 4.06. The van der Waals surface area contributed by atoms with E-state index < -0.39 is 23.5 Å². The molecule has 0 aliphatic rings. The number of hydrogen-bond acceptors (Lipinski definition) is 3. The lowest BCUT2D eigenvalue weighted by molar-refractivity contribution is -0.146. The van der Waals surface area contributed by atoms with Crippen LogP contribution in [0.2, 0.25) is 0 Å². The van der Waals surface area contributed by atoms with Gasteiger partial charge in [-0.2, -0.15) is 0 Å². The number of ether oxygens (including phenoxy) is 1. The standard InChI is InChI=1S/C14H17FO3/c1-4-10(14(17)18-5-2)13(16)11-8-9(3)6-7-12(11)15/h6-8,10H,4-5H2,1-3H3. The Balaban J connectivity index is 3.03. The first-order valence-electron chi connectivity index (χ1n) is 5.98. The summed E-state index contributed by atoms with van der Waals surface area (Å²) in [5.41, 5.74) is 0.730. The average molecular weight is 252 g/mol. The summed E-state index contributed by atoms with van der Waals surface area (Å²) in [5, 5.41) is 0. The highest BCUT2D eigenvalue weighted by Crippen LogP contribution is 2.18. The van der Waals surface area contributed by atoms with E-state index >= 15 is 0 Å². The summed E-state index contributed by atoms with van der Waals surface area (Å²) < 4.78 is 18.4. The van der Waals surface area contributed by atoms with Gasteiger partial charge in [-0.1, -0.05) is 18.6 Å². The van der Waals surface area contributed by atoms with E-state index in [-0.39, 0.29) is 12.2 Å². The zero-order valence-corrected chi connectivity index (χ0v) is 10.8. The first kappa shape index (κ1) is 14.4. The maximum absolute atomic E-state index is 13.6. The normalized spacial score (nSPS) is 12.0. The van der Waals surface area contributed by atoms with E-state index in [1.165, 1.54) is 12.1 Å². The summed E-state index contributed by atoms with van der Waals surface area (Å²) in [4.78, 5) is 23.7. The van der Waals surface area contributed by atoms with Crippen LogP contribution in [0.4, 0.5) is 4.39 Å². The molecule has 0 heterocycles.